The van der Waals surface area contributed by atoms with Crippen LogP contribution in [0.1, 0.15) is 48.6 Å². The molecule has 1 N–H and O–H groups in total. The highest BCUT2D eigenvalue weighted by Gasteiger charge is 2.44. The number of hydrogen-bond donors (Lipinski definition) is 1. The second-order valence-electron chi connectivity index (χ2n) is 8.98. The minimum Gasteiger partial charge on any atom is -0.463 e. The van der Waals surface area contributed by atoms with E-state index in [-0.39, 0.29) is 17.9 Å². The maximum Gasteiger partial charge on any atom is 0.330 e. The summed E-state index contributed by atoms with van der Waals surface area (Å²) >= 11 is 0. The monoisotopic (exact) mass is 471 g/mol. The highest BCUT2D eigenvalue weighted by molar-refractivity contribution is 7.92. The molecular formula is C26H30FNO4S. The van der Waals surface area contributed by atoms with Gasteiger partial charge in [-0.1, -0.05) is 48.5 Å². The molecular weight excluding hydrogens is 441 g/mol. The van der Waals surface area contributed by atoms with Gasteiger partial charge in [0.1, 0.15) is 5.82 Å². The van der Waals surface area contributed by atoms with Gasteiger partial charge in [0, 0.05) is 24.1 Å². The number of benzene rings is 2. The molecule has 2 aliphatic rings. The van der Waals surface area contributed by atoms with Crippen molar-refractivity contribution in [3.05, 3.63) is 83.2 Å². The minimum absolute atomic E-state index is 0.109. The van der Waals surface area contributed by atoms with Gasteiger partial charge < -0.3 is 10.1 Å². The van der Waals surface area contributed by atoms with Crippen LogP contribution in [0.15, 0.2) is 60.7 Å². The first-order chi connectivity index (χ1) is 15.8. The van der Waals surface area contributed by atoms with E-state index < -0.39 is 32.1 Å². The number of halogens is 1. The predicted octanol–water partition coefficient (Wildman–Crippen LogP) is 4.04. The molecule has 1 aliphatic carbocycles. The zero-order valence-corrected chi connectivity index (χ0v) is 19.8. The number of carbonyl (C=O) groups is 1. The number of hydrogen-bond acceptors (Lipinski definition) is 5. The number of nitrogens with one attached hydrogen (secondary N) is 1. The van der Waals surface area contributed by atoms with Crippen LogP contribution < -0.4 is 5.32 Å². The zero-order valence-electron chi connectivity index (χ0n) is 19.0. The first-order valence-electron chi connectivity index (χ1n) is 11.4. The van der Waals surface area contributed by atoms with Gasteiger partial charge in [0.25, 0.3) is 0 Å². The maximum absolute atomic E-state index is 15.2. The van der Waals surface area contributed by atoms with E-state index in [1.54, 1.807) is 19.1 Å². The Kier molecular flexibility index (Phi) is 6.73. The molecule has 7 heteroatoms. The van der Waals surface area contributed by atoms with Gasteiger partial charge in [0.2, 0.25) is 0 Å². The summed E-state index contributed by atoms with van der Waals surface area (Å²) in [5.74, 6) is -0.814. The van der Waals surface area contributed by atoms with Crippen molar-refractivity contribution in [2.75, 3.05) is 13.2 Å². The van der Waals surface area contributed by atoms with Crippen molar-refractivity contribution in [1.82, 2.24) is 5.32 Å². The summed E-state index contributed by atoms with van der Waals surface area (Å²) in [7, 11) is -3.52. The third-order valence-electron chi connectivity index (χ3n) is 6.84. The Morgan fingerprint density at radius 3 is 2.58 bits per heavy atom. The van der Waals surface area contributed by atoms with Crippen LogP contribution in [-0.2, 0) is 31.2 Å². The zero-order chi connectivity index (χ0) is 23.6. The average molecular weight is 472 g/mol. The lowest BCUT2D eigenvalue weighted by Crippen LogP contribution is -2.53. The highest BCUT2D eigenvalue weighted by Crippen LogP contribution is 2.49. The lowest BCUT2D eigenvalue weighted by Gasteiger charge is -2.35. The molecule has 1 heterocycles. The van der Waals surface area contributed by atoms with Crippen molar-refractivity contribution in [3.63, 3.8) is 0 Å². The molecule has 176 valence electrons. The Bertz CT molecular complexity index is 1140. The largest absolute Gasteiger partial charge is 0.463 e. The number of allylic oxidation sites excluding steroid dienone is 1. The van der Waals surface area contributed by atoms with Crippen LogP contribution in [-0.4, -0.2) is 38.8 Å². The van der Waals surface area contributed by atoms with Gasteiger partial charge in [0.05, 0.1) is 17.1 Å². The normalized spacial score (nSPS) is 25.6. The molecule has 1 unspecified atom stereocenters. The molecule has 0 bridgehead atoms. The van der Waals surface area contributed by atoms with Gasteiger partial charge >= 0.3 is 5.97 Å². The van der Waals surface area contributed by atoms with Crippen LogP contribution in [0.3, 0.4) is 0 Å². The first kappa shape index (κ1) is 23.6. The molecule has 1 aliphatic heterocycles. The van der Waals surface area contributed by atoms with E-state index in [2.05, 4.69) is 5.32 Å². The molecule has 5 nitrogen and oxygen atoms in total. The van der Waals surface area contributed by atoms with Crippen LogP contribution in [0.5, 0.6) is 0 Å². The fourth-order valence-electron chi connectivity index (χ4n) is 4.65. The van der Waals surface area contributed by atoms with Gasteiger partial charge in [-0.3, -0.25) is 0 Å². The summed E-state index contributed by atoms with van der Waals surface area (Å²) in [5.41, 5.74) is 1.59. The Morgan fingerprint density at radius 2 is 1.94 bits per heavy atom. The van der Waals surface area contributed by atoms with Crippen LogP contribution in [0, 0.1) is 5.82 Å². The number of esters is 1. The molecule has 0 amide bonds. The SMILES string of the molecule is CCOC(=O)/C=C/C1(c2ccc(CC3[C@H](C)NC[C@@H](c4ccccc4)S3(=O)=O)c(F)c2)CC1. The number of rotatable bonds is 7. The summed E-state index contributed by atoms with van der Waals surface area (Å²) in [6.45, 7) is 4.25. The molecule has 4 rings (SSSR count). The standard InChI is InChI=1S/C26H30FNO4S/c1-3-32-25(29)11-12-26(13-14-26)21-10-9-20(22(27)16-21)15-23-18(2)28-17-24(33(23,30)31)19-7-5-4-6-8-19/h4-12,16,18,23-24,28H,3,13-15,17H2,1-2H3/b12-11+/t18-,23?,24-/m0/s1. The Balaban J connectivity index is 1.55. The Labute approximate surface area is 195 Å². The van der Waals surface area contributed by atoms with E-state index in [9.17, 15) is 13.2 Å². The molecule has 1 saturated carbocycles. The summed E-state index contributed by atoms with van der Waals surface area (Å²) in [5, 5.41) is 1.93. The van der Waals surface area contributed by atoms with Crippen molar-refractivity contribution in [2.24, 2.45) is 0 Å². The predicted molar refractivity (Wildman–Crippen MR) is 126 cm³/mol. The Morgan fingerprint density at radius 1 is 1.21 bits per heavy atom. The summed E-state index contributed by atoms with van der Waals surface area (Å²) in [4.78, 5) is 11.7. The first-order valence-corrected chi connectivity index (χ1v) is 13.0. The van der Waals surface area contributed by atoms with Crippen LogP contribution >= 0.6 is 0 Å². The fraction of sp³-hybridized carbons (Fsp3) is 0.423. The molecule has 0 spiro atoms. The fourth-order valence-corrected chi connectivity index (χ4v) is 7.01. The number of carbonyl (C=O) groups excluding carboxylic acids is 1. The van der Waals surface area contributed by atoms with E-state index in [1.165, 1.54) is 12.1 Å². The van der Waals surface area contributed by atoms with Crippen molar-refractivity contribution in [2.45, 2.75) is 55.1 Å². The minimum atomic E-state index is -3.52. The average Bonchev–Trinajstić information content (AvgIpc) is 3.58. The molecule has 2 aromatic carbocycles. The summed E-state index contributed by atoms with van der Waals surface area (Å²) in [6.07, 6.45) is 4.98. The van der Waals surface area contributed by atoms with E-state index in [0.717, 1.165) is 24.0 Å². The topological polar surface area (TPSA) is 72.5 Å². The third-order valence-corrected chi connectivity index (χ3v) is 9.49. The van der Waals surface area contributed by atoms with Gasteiger partial charge in [-0.25, -0.2) is 17.6 Å². The van der Waals surface area contributed by atoms with Crippen LogP contribution in [0.25, 0.3) is 0 Å². The van der Waals surface area contributed by atoms with Gasteiger partial charge in [-0.05, 0) is 55.9 Å². The Hall–Kier alpha value is -2.51. The quantitative estimate of drug-likeness (QED) is 0.488. The van der Waals surface area contributed by atoms with Gasteiger partial charge in [0.15, 0.2) is 9.84 Å². The molecule has 2 aromatic rings. The van der Waals surface area contributed by atoms with Crippen molar-refractivity contribution in [1.29, 1.82) is 0 Å². The molecule has 3 atom stereocenters. The van der Waals surface area contributed by atoms with Gasteiger partial charge in [-0.15, -0.1) is 0 Å². The lowest BCUT2D eigenvalue weighted by atomic mass is 9.93. The third kappa shape index (κ3) is 4.89. The molecule has 0 radical (unpaired) electrons. The van der Waals surface area contributed by atoms with E-state index in [4.69, 9.17) is 4.74 Å². The van der Waals surface area contributed by atoms with Crippen LogP contribution in [0.4, 0.5) is 4.39 Å². The smallest absolute Gasteiger partial charge is 0.330 e. The summed E-state index contributed by atoms with van der Waals surface area (Å²) < 4.78 is 47.0. The van der Waals surface area contributed by atoms with Crippen molar-refractivity contribution >= 4 is 15.8 Å². The second kappa shape index (κ2) is 9.39. The van der Waals surface area contributed by atoms with Crippen molar-refractivity contribution in [3.8, 4) is 0 Å². The van der Waals surface area contributed by atoms with Crippen molar-refractivity contribution < 1.29 is 22.3 Å². The molecule has 1 saturated heterocycles. The summed E-state index contributed by atoms with van der Waals surface area (Å²) in [6, 6.07) is 13.9. The van der Waals surface area contributed by atoms with Crippen LogP contribution in [0.2, 0.25) is 0 Å². The van der Waals surface area contributed by atoms with E-state index >= 15 is 4.39 Å². The lowest BCUT2D eigenvalue weighted by molar-refractivity contribution is -0.137. The molecule has 2 fully saturated rings. The van der Waals surface area contributed by atoms with E-state index in [0.29, 0.717) is 18.7 Å². The maximum atomic E-state index is 15.2. The second-order valence-corrected chi connectivity index (χ2v) is 11.3. The van der Waals surface area contributed by atoms with Gasteiger partial charge in [-0.2, -0.15) is 0 Å². The number of ether oxygens (including phenoxy) is 1. The molecule has 0 aromatic heterocycles. The van der Waals surface area contributed by atoms with E-state index in [1.807, 2.05) is 43.3 Å². The molecule has 33 heavy (non-hydrogen) atoms. The number of sulfone groups is 1. The highest BCUT2D eigenvalue weighted by atomic mass is 32.2.